The molecule has 0 amide bonds. The second-order valence-electron chi connectivity index (χ2n) is 16.8. The third-order valence-corrected chi connectivity index (χ3v) is 10.8. The summed E-state index contributed by atoms with van der Waals surface area (Å²) < 4.78 is 13.4. The van der Waals surface area contributed by atoms with E-state index < -0.39 is 0 Å². The Morgan fingerprint density at radius 2 is 1.27 bits per heavy atom. The number of para-hydroxylation sites is 2. The minimum absolute atomic E-state index is 0.195. The highest BCUT2D eigenvalue weighted by Gasteiger charge is 2.29. The van der Waals surface area contributed by atoms with Crippen molar-refractivity contribution in [3.8, 4) is 28.3 Å². The number of hydrogen-bond acceptors (Lipinski definition) is 7. The Morgan fingerprint density at radius 1 is 0.607 bits per heavy atom. The van der Waals surface area contributed by atoms with Gasteiger partial charge in [-0.25, -0.2) is 9.97 Å². The number of phenolic OH excluding ortho intramolecular Hbond substituents is 1. The lowest BCUT2D eigenvalue weighted by molar-refractivity contribution is 0.446. The van der Waals surface area contributed by atoms with Gasteiger partial charge in [0.2, 0.25) is 0 Å². The van der Waals surface area contributed by atoms with Gasteiger partial charge in [-0.2, -0.15) is 0 Å². The molecule has 5 aromatic heterocycles. The first-order valence-electron chi connectivity index (χ1n) is 19.1. The van der Waals surface area contributed by atoms with Crippen molar-refractivity contribution >= 4 is 61.1 Å². The maximum Gasteiger partial charge on any atom is 0.161 e. The van der Waals surface area contributed by atoms with E-state index in [1.165, 1.54) is 0 Å². The molecule has 0 radical (unpaired) electrons. The molecule has 0 unspecified atom stereocenters. The number of benzene rings is 4. The molecule has 0 spiro atoms. The molecule has 56 heavy (non-hydrogen) atoms. The number of furan rings is 2. The molecule has 0 bridgehead atoms. The van der Waals surface area contributed by atoms with Crippen molar-refractivity contribution in [3.05, 3.63) is 138 Å². The first kappa shape index (κ1) is 35.2. The third kappa shape index (κ3) is 5.77. The van der Waals surface area contributed by atoms with Crippen LogP contribution in [0.3, 0.4) is 0 Å². The second kappa shape index (κ2) is 12.8. The van der Waals surface area contributed by atoms with Crippen LogP contribution in [0, 0.1) is 13.8 Å². The summed E-state index contributed by atoms with van der Waals surface area (Å²) in [7, 11) is 0. The molecular weight excluding hydrogens is 693 g/mol. The Morgan fingerprint density at radius 3 is 1.91 bits per heavy atom. The fourth-order valence-electron chi connectivity index (χ4n) is 7.88. The zero-order valence-electron chi connectivity index (χ0n) is 33.0. The van der Waals surface area contributed by atoms with E-state index in [0.717, 1.165) is 77.9 Å². The molecule has 5 heterocycles. The van der Waals surface area contributed by atoms with E-state index in [1.54, 1.807) is 0 Å². The van der Waals surface area contributed by atoms with Gasteiger partial charge in [-0.3, -0.25) is 9.88 Å². The fourth-order valence-corrected chi connectivity index (χ4v) is 7.88. The molecule has 278 valence electrons. The monoisotopic (exact) mass is 736 g/mol. The van der Waals surface area contributed by atoms with Gasteiger partial charge in [0.05, 0.1) is 17.1 Å². The summed E-state index contributed by atoms with van der Waals surface area (Å²) >= 11 is 0. The summed E-state index contributed by atoms with van der Waals surface area (Å²) in [6.07, 6.45) is 3.65. The molecule has 0 fully saturated rings. The number of anilines is 3. The molecule has 9 rings (SSSR count). The van der Waals surface area contributed by atoms with Crippen LogP contribution in [0.1, 0.15) is 63.9 Å². The van der Waals surface area contributed by atoms with Crippen molar-refractivity contribution in [2.45, 2.75) is 66.2 Å². The van der Waals surface area contributed by atoms with Gasteiger partial charge in [-0.15, -0.1) is 0 Å². The number of aromatic nitrogens is 3. The lowest BCUT2D eigenvalue weighted by Gasteiger charge is -2.28. The highest BCUT2D eigenvalue weighted by atomic mass is 16.3. The van der Waals surface area contributed by atoms with Gasteiger partial charge >= 0.3 is 0 Å². The zero-order chi connectivity index (χ0) is 39.1. The molecule has 9 aromatic rings. The van der Waals surface area contributed by atoms with Crippen molar-refractivity contribution < 1.29 is 13.9 Å². The van der Waals surface area contributed by atoms with Gasteiger partial charge in [-0.1, -0.05) is 90.1 Å². The van der Waals surface area contributed by atoms with Gasteiger partial charge in [0, 0.05) is 56.3 Å². The highest BCUT2D eigenvalue weighted by Crippen LogP contribution is 2.48. The van der Waals surface area contributed by atoms with E-state index in [4.69, 9.17) is 23.8 Å². The largest absolute Gasteiger partial charge is 0.507 e. The summed E-state index contributed by atoms with van der Waals surface area (Å²) in [5.74, 6) is 0.955. The smallest absolute Gasteiger partial charge is 0.161 e. The number of aryl methyl sites for hydroxylation is 2. The van der Waals surface area contributed by atoms with Crippen molar-refractivity contribution in [1.82, 2.24) is 15.0 Å². The van der Waals surface area contributed by atoms with Crippen molar-refractivity contribution in [2.75, 3.05) is 4.90 Å². The Bertz CT molecular complexity index is 2960. The Hall–Kier alpha value is -6.47. The van der Waals surface area contributed by atoms with Crippen LogP contribution in [-0.2, 0) is 10.8 Å². The van der Waals surface area contributed by atoms with E-state index in [2.05, 4.69) is 95.8 Å². The maximum absolute atomic E-state index is 12.2. The van der Waals surface area contributed by atoms with Crippen LogP contribution in [0.4, 0.5) is 17.2 Å². The number of rotatable bonds is 5. The van der Waals surface area contributed by atoms with Crippen LogP contribution >= 0.6 is 0 Å². The van der Waals surface area contributed by atoms with E-state index in [9.17, 15) is 5.11 Å². The molecule has 0 aliphatic heterocycles. The quantitative estimate of drug-likeness (QED) is 0.188. The van der Waals surface area contributed by atoms with Crippen LogP contribution in [0.25, 0.3) is 66.4 Å². The molecule has 7 heteroatoms. The van der Waals surface area contributed by atoms with Gasteiger partial charge < -0.3 is 13.9 Å². The number of aromatic hydroxyl groups is 1. The zero-order valence-corrected chi connectivity index (χ0v) is 33.0. The Balaban J connectivity index is 1.42. The number of fused-ring (bicyclic) bond motifs is 6. The standard InChI is InChI=1S/C49H44N4O3/c1-28-20-22-50-29(2)44(28)53(42-19-13-14-21-51-42)31-25-34-32-15-9-11-17-40(32)55-46(34)36(26-31)39-27-35-33-16-10-12-18-41(33)56-47(35)43(52-39)37-23-30(48(3,4)5)24-38(45(37)54)49(6,7)8/h9-27,54H,1-8H3. The van der Waals surface area contributed by atoms with Crippen LogP contribution < -0.4 is 4.90 Å². The molecule has 7 nitrogen and oxygen atoms in total. The highest BCUT2D eigenvalue weighted by molar-refractivity contribution is 6.14. The summed E-state index contributed by atoms with van der Waals surface area (Å²) in [5, 5.41) is 16.0. The van der Waals surface area contributed by atoms with Crippen molar-refractivity contribution in [2.24, 2.45) is 0 Å². The van der Waals surface area contributed by atoms with Crippen LogP contribution in [0.2, 0.25) is 0 Å². The van der Waals surface area contributed by atoms with Crippen molar-refractivity contribution in [3.63, 3.8) is 0 Å². The van der Waals surface area contributed by atoms with Crippen LogP contribution in [-0.4, -0.2) is 20.1 Å². The van der Waals surface area contributed by atoms with Gasteiger partial charge in [0.1, 0.15) is 34.0 Å². The number of pyridine rings is 3. The van der Waals surface area contributed by atoms with E-state index in [1.807, 2.05) is 80.0 Å². The van der Waals surface area contributed by atoms with E-state index in [-0.39, 0.29) is 16.6 Å². The number of hydrogen-bond donors (Lipinski definition) is 1. The Labute approximate surface area is 326 Å². The van der Waals surface area contributed by atoms with Gasteiger partial charge in [0.15, 0.2) is 5.58 Å². The third-order valence-electron chi connectivity index (χ3n) is 10.8. The Kier molecular flexibility index (Phi) is 8.06. The average molecular weight is 737 g/mol. The van der Waals surface area contributed by atoms with Crippen LogP contribution in [0.15, 0.2) is 124 Å². The fraction of sp³-hybridized carbons (Fsp3) is 0.204. The minimum atomic E-state index is -0.336. The lowest BCUT2D eigenvalue weighted by Crippen LogP contribution is -2.17. The average Bonchev–Trinajstić information content (AvgIpc) is 3.74. The lowest BCUT2D eigenvalue weighted by atomic mass is 9.78. The molecule has 0 atom stereocenters. The number of phenols is 1. The van der Waals surface area contributed by atoms with Crippen LogP contribution in [0.5, 0.6) is 5.75 Å². The molecule has 4 aromatic carbocycles. The summed E-state index contributed by atoms with van der Waals surface area (Å²) in [5.41, 5.74) is 10.7. The number of nitrogens with zero attached hydrogens (tertiary/aromatic N) is 4. The summed E-state index contributed by atoms with van der Waals surface area (Å²) in [6, 6.07) is 34.8. The predicted octanol–water partition coefficient (Wildman–Crippen LogP) is 13.4. The molecule has 1 N–H and O–H groups in total. The van der Waals surface area contributed by atoms with E-state index >= 15 is 0 Å². The normalized spacial score (nSPS) is 12.4. The molecular formula is C49H44N4O3. The summed E-state index contributed by atoms with van der Waals surface area (Å²) in [6.45, 7) is 17.1. The molecule has 0 aliphatic rings. The molecule has 0 saturated heterocycles. The van der Waals surface area contributed by atoms with E-state index in [0.29, 0.717) is 28.1 Å². The predicted molar refractivity (Wildman–Crippen MR) is 228 cm³/mol. The van der Waals surface area contributed by atoms with Crippen molar-refractivity contribution in [1.29, 1.82) is 0 Å². The molecule has 0 aliphatic carbocycles. The molecule has 0 saturated carbocycles. The maximum atomic E-state index is 12.2. The second-order valence-corrected chi connectivity index (χ2v) is 16.8. The SMILES string of the molecule is Cc1ccnc(C)c1N(c1cc(-c2cc3c(oc4ccccc43)c(-c3cc(C(C)(C)C)cc(C(C)(C)C)c3O)n2)c2oc3ccccc3c2c1)c1ccccn1. The first-order chi connectivity index (χ1) is 26.8. The van der Waals surface area contributed by atoms with Gasteiger partial charge in [-0.05, 0) is 90.4 Å². The minimum Gasteiger partial charge on any atom is -0.507 e. The summed E-state index contributed by atoms with van der Waals surface area (Å²) in [4.78, 5) is 17.2. The topological polar surface area (TPSA) is 88.4 Å². The first-order valence-corrected chi connectivity index (χ1v) is 19.1. The van der Waals surface area contributed by atoms with Gasteiger partial charge in [0.25, 0.3) is 0 Å².